The lowest BCUT2D eigenvalue weighted by atomic mass is 9.97. The van der Waals surface area contributed by atoms with Gasteiger partial charge in [0.15, 0.2) is 5.16 Å². The molecule has 0 aliphatic heterocycles. The third-order valence-corrected chi connectivity index (χ3v) is 5.44. The maximum Gasteiger partial charge on any atom is 0.255 e. The Balaban J connectivity index is 1.53. The van der Waals surface area contributed by atoms with E-state index in [0.29, 0.717) is 10.9 Å². The van der Waals surface area contributed by atoms with Crippen LogP contribution in [0.3, 0.4) is 0 Å². The Hall–Kier alpha value is -2.61. The fourth-order valence-electron chi connectivity index (χ4n) is 3.21. The lowest BCUT2D eigenvalue weighted by Gasteiger charge is -2.16. The first kappa shape index (κ1) is 16.8. The topological polar surface area (TPSA) is 92.2 Å². The second kappa shape index (κ2) is 6.95. The average molecular weight is 369 g/mol. The van der Waals surface area contributed by atoms with Gasteiger partial charge in [0, 0.05) is 16.9 Å². The molecule has 3 aromatic rings. The van der Waals surface area contributed by atoms with Crippen LogP contribution < -0.4 is 10.9 Å². The van der Waals surface area contributed by atoms with Gasteiger partial charge >= 0.3 is 0 Å². The van der Waals surface area contributed by atoms with Crippen LogP contribution in [-0.4, -0.2) is 31.2 Å². The largest absolute Gasteiger partial charge is 0.325 e. The number of hydrogen-bond donors (Lipinski definition) is 2. The summed E-state index contributed by atoms with van der Waals surface area (Å²) < 4.78 is 1.89. The second-order valence-electron chi connectivity index (χ2n) is 6.43. The molecule has 0 unspecified atom stereocenters. The Labute approximate surface area is 154 Å². The Morgan fingerprint density at radius 2 is 2.00 bits per heavy atom. The maximum atomic E-state index is 12.2. The van der Waals surface area contributed by atoms with Crippen LogP contribution in [0.25, 0.3) is 5.78 Å². The molecule has 1 aromatic carbocycles. The number of carbonyl (C=O) groups excluding carboxylic acids is 1. The zero-order chi connectivity index (χ0) is 18.1. The average Bonchev–Trinajstić information content (AvgIpc) is 3.05. The van der Waals surface area contributed by atoms with Crippen molar-refractivity contribution in [1.29, 1.82) is 0 Å². The highest BCUT2D eigenvalue weighted by atomic mass is 32.2. The van der Waals surface area contributed by atoms with Gasteiger partial charge in [-0.15, -0.1) is 10.2 Å². The molecule has 0 saturated carbocycles. The van der Waals surface area contributed by atoms with Crippen molar-refractivity contribution in [2.45, 2.75) is 37.8 Å². The number of H-pyrrole nitrogens is 1. The first-order valence-electron chi connectivity index (χ1n) is 8.60. The predicted molar refractivity (Wildman–Crippen MR) is 101 cm³/mol. The molecule has 134 valence electrons. The molecule has 0 fully saturated rings. The van der Waals surface area contributed by atoms with Gasteiger partial charge < -0.3 is 5.32 Å². The molecule has 0 atom stereocenters. The van der Waals surface area contributed by atoms with Crippen LogP contribution in [0, 0.1) is 6.92 Å². The molecule has 8 heteroatoms. The monoisotopic (exact) mass is 369 g/mol. The lowest BCUT2D eigenvalue weighted by Crippen LogP contribution is -2.23. The number of anilines is 1. The summed E-state index contributed by atoms with van der Waals surface area (Å²) in [5, 5.41) is 11.7. The van der Waals surface area contributed by atoms with Crippen molar-refractivity contribution >= 4 is 29.1 Å². The van der Waals surface area contributed by atoms with Gasteiger partial charge in [0.1, 0.15) is 0 Å². The summed E-state index contributed by atoms with van der Waals surface area (Å²) >= 11 is 1.32. The van der Waals surface area contributed by atoms with Crippen LogP contribution in [0.15, 0.2) is 34.2 Å². The number of hydrogen-bond acceptors (Lipinski definition) is 5. The summed E-state index contributed by atoms with van der Waals surface area (Å²) in [7, 11) is 0. The number of fused-ring (bicyclic) bond motifs is 3. The molecular weight excluding hydrogens is 350 g/mol. The van der Waals surface area contributed by atoms with E-state index in [4.69, 9.17) is 0 Å². The van der Waals surface area contributed by atoms with E-state index >= 15 is 0 Å². The normalized spacial score (nSPS) is 13.6. The Kier molecular flexibility index (Phi) is 4.50. The minimum Gasteiger partial charge on any atom is -0.325 e. The quantitative estimate of drug-likeness (QED) is 0.689. The van der Waals surface area contributed by atoms with Gasteiger partial charge in [-0.2, -0.15) is 0 Å². The van der Waals surface area contributed by atoms with Crippen molar-refractivity contribution in [2.24, 2.45) is 0 Å². The summed E-state index contributed by atoms with van der Waals surface area (Å²) in [5.74, 6) is 0.564. The van der Waals surface area contributed by atoms with Crippen LogP contribution in [0.4, 0.5) is 5.69 Å². The van der Waals surface area contributed by atoms with Crippen LogP contribution >= 0.6 is 11.8 Å². The van der Waals surface area contributed by atoms with Gasteiger partial charge in [0.05, 0.1) is 5.75 Å². The van der Waals surface area contributed by atoms with E-state index in [-0.39, 0.29) is 17.2 Å². The van der Waals surface area contributed by atoms with E-state index < -0.39 is 0 Å². The number of nitrogens with one attached hydrogen (secondary N) is 2. The van der Waals surface area contributed by atoms with Crippen molar-refractivity contribution in [3.05, 3.63) is 51.4 Å². The van der Waals surface area contributed by atoms with E-state index in [2.05, 4.69) is 20.5 Å². The second-order valence-corrected chi connectivity index (χ2v) is 7.37. The summed E-state index contributed by atoms with van der Waals surface area (Å²) in [6.07, 6.45) is 3.67. The van der Waals surface area contributed by atoms with Gasteiger partial charge in [-0.3, -0.25) is 19.0 Å². The number of nitrogens with zero attached hydrogens (tertiary/aromatic N) is 3. The number of thioether (sulfide) groups is 1. The third kappa shape index (κ3) is 3.24. The number of aromatic amines is 1. The van der Waals surface area contributed by atoms with E-state index in [1.807, 2.05) is 35.6 Å². The zero-order valence-electron chi connectivity index (χ0n) is 14.4. The highest BCUT2D eigenvalue weighted by molar-refractivity contribution is 7.99. The minimum absolute atomic E-state index is 0.0757. The number of aryl methyl sites for hydroxylation is 2. The van der Waals surface area contributed by atoms with Gasteiger partial charge in [-0.1, -0.05) is 29.5 Å². The van der Waals surface area contributed by atoms with Gasteiger partial charge in [-0.25, -0.2) is 0 Å². The summed E-state index contributed by atoms with van der Waals surface area (Å²) in [4.78, 5) is 27.2. The summed E-state index contributed by atoms with van der Waals surface area (Å²) in [6.45, 7) is 2.00. The molecular formula is C18H19N5O2S. The molecule has 1 aliphatic carbocycles. The fraction of sp³-hybridized carbons (Fsp3) is 0.333. The zero-order valence-corrected chi connectivity index (χ0v) is 15.2. The molecule has 2 heterocycles. The smallest absolute Gasteiger partial charge is 0.255 e. The summed E-state index contributed by atoms with van der Waals surface area (Å²) in [5.41, 5.74) is 3.63. The van der Waals surface area contributed by atoms with E-state index in [0.717, 1.165) is 48.2 Å². The molecule has 1 amide bonds. The minimum atomic E-state index is -0.103. The fourth-order valence-corrected chi connectivity index (χ4v) is 3.97. The number of carbonyl (C=O) groups is 1. The van der Waals surface area contributed by atoms with E-state index in [1.165, 1.54) is 11.8 Å². The van der Waals surface area contributed by atoms with Crippen molar-refractivity contribution in [1.82, 2.24) is 19.6 Å². The SMILES string of the molecule is Cc1ccc(NC(=O)CSc2nnc3[nH]c(=O)c4c(n23)CCCC4)cc1. The highest BCUT2D eigenvalue weighted by Gasteiger charge is 2.20. The molecule has 0 bridgehead atoms. The molecule has 26 heavy (non-hydrogen) atoms. The molecule has 7 nitrogen and oxygen atoms in total. The Morgan fingerprint density at radius 1 is 1.23 bits per heavy atom. The first-order valence-corrected chi connectivity index (χ1v) is 9.59. The molecule has 0 spiro atoms. The van der Waals surface area contributed by atoms with E-state index in [9.17, 15) is 9.59 Å². The van der Waals surface area contributed by atoms with Gasteiger partial charge in [-0.05, 0) is 44.7 Å². The highest BCUT2D eigenvalue weighted by Crippen LogP contribution is 2.23. The van der Waals surface area contributed by atoms with Crippen LogP contribution in [-0.2, 0) is 17.6 Å². The number of amides is 1. The molecule has 0 radical (unpaired) electrons. The number of aromatic nitrogens is 4. The Morgan fingerprint density at radius 3 is 2.81 bits per heavy atom. The van der Waals surface area contributed by atoms with Gasteiger partial charge in [0.25, 0.3) is 5.56 Å². The Bertz CT molecular complexity index is 1020. The first-order chi connectivity index (χ1) is 12.6. The molecule has 2 N–H and O–H groups in total. The van der Waals surface area contributed by atoms with Crippen LogP contribution in [0.1, 0.15) is 29.7 Å². The third-order valence-electron chi connectivity index (χ3n) is 4.51. The van der Waals surface area contributed by atoms with Gasteiger partial charge in [0.2, 0.25) is 11.7 Å². The number of rotatable bonds is 4. The molecule has 0 saturated heterocycles. The predicted octanol–water partition coefficient (Wildman–Crippen LogP) is 2.34. The van der Waals surface area contributed by atoms with Crippen molar-refractivity contribution in [3.8, 4) is 0 Å². The lowest BCUT2D eigenvalue weighted by molar-refractivity contribution is -0.113. The molecule has 1 aliphatic rings. The number of benzene rings is 1. The maximum absolute atomic E-state index is 12.2. The summed E-state index contributed by atoms with van der Waals surface area (Å²) in [6, 6.07) is 7.67. The van der Waals surface area contributed by atoms with Crippen LogP contribution in [0.5, 0.6) is 0 Å². The van der Waals surface area contributed by atoms with Crippen LogP contribution in [0.2, 0.25) is 0 Å². The molecule has 4 rings (SSSR count). The van der Waals surface area contributed by atoms with Crippen molar-refractivity contribution in [2.75, 3.05) is 11.1 Å². The van der Waals surface area contributed by atoms with Crippen molar-refractivity contribution in [3.63, 3.8) is 0 Å². The standard InChI is InChI=1S/C18H19N5O2S/c1-11-6-8-12(9-7-11)19-15(24)10-26-18-22-21-17-20-16(25)13-4-2-3-5-14(13)23(17)18/h6-9H,2-5,10H2,1H3,(H,19,24)(H,20,21,25). The van der Waals surface area contributed by atoms with Crippen molar-refractivity contribution < 1.29 is 4.79 Å². The van der Waals surface area contributed by atoms with E-state index in [1.54, 1.807) is 0 Å². The molecule has 2 aromatic heterocycles.